The van der Waals surface area contributed by atoms with Gasteiger partial charge in [0.15, 0.2) is 0 Å². The van der Waals surface area contributed by atoms with Crippen LogP contribution in [0.4, 0.5) is 29.3 Å². The second kappa shape index (κ2) is 16.0. The smallest absolute Gasteiger partial charge is 0.386 e. The molecule has 0 bridgehead atoms. The summed E-state index contributed by atoms with van der Waals surface area (Å²) in [6, 6.07) is 10.6. The molecule has 1 atom stereocenters. The Morgan fingerprint density at radius 1 is 0.922 bits per heavy atom. The maximum Gasteiger partial charge on any atom is 0.418 e. The molecule has 4 amide bonds. The molecule has 0 aromatic heterocycles. The van der Waals surface area contributed by atoms with Crippen molar-refractivity contribution in [3.8, 4) is 0 Å². The summed E-state index contributed by atoms with van der Waals surface area (Å²) >= 11 is 6.33. The second-order valence-electron chi connectivity index (χ2n) is 14.4. The first-order valence-corrected chi connectivity index (χ1v) is 18.5. The molecule has 3 fully saturated rings. The van der Waals surface area contributed by atoms with Crippen molar-refractivity contribution < 1.29 is 27.6 Å². The Bertz CT molecular complexity index is 1570. The number of para-hydroxylation sites is 1. The molecule has 4 aliphatic heterocycles. The van der Waals surface area contributed by atoms with Crippen LogP contribution in [-0.4, -0.2) is 127 Å². The zero-order valence-electron chi connectivity index (χ0n) is 29.5. The van der Waals surface area contributed by atoms with Crippen molar-refractivity contribution in [3.63, 3.8) is 0 Å². The monoisotopic (exact) mass is 731 g/mol. The molecule has 2 aromatic rings. The molecule has 6 rings (SSSR count). The van der Waals surface area contributed by atoms with Crippen LogP contribution in [-0.2, 0) is 28.6 Å². The number of rotatable bonds is 8. The molecular formula is C37H49ClF3N7O3. The normalized spacial score (nSPS) is 20.8. The Balaban J connectivity index is 1.13. The van der Waals surface area contributed by atoms with E-state index in [4.69, 9.17) is 11.6 Å². The van der Waals surface area contributed by atoms with E-state index in [1.54, 1.807) is 9.80 Å². The number of nitrogens with one attached hydrogen (secondary N) is 2. The van der Waals surface area contributed by atoms with Crippen molar-refractivity contribution in [2.75, 3.05) is 83.6 Å². The molecule has 3 saturated heterocycles. The highest BCUT2D eigenvalue weighted by molar-refractivity contribution is 6.33. The van der Waals surface area contributed by atoms with Gasteiger partial charge in [0.25, 0.3) is 0 Å². The van der Waals surface area contributed by atoms with E-state index in [-0.39, 0.29) is 53.0 Å². The van der Waals surface area contributed by atoms with Gasteiger partial charge < -0.3 is 30.2 Å². The number of hydrogen-bond acceptors (Lipinski definition) is 6. The SMILES string of the molecule is CNc1c(Cl)cc(CC(CC(=O)N2CCC(N3CCc4ccccc4NC3=O)CC2)C(=O)N2CCN(C3CCN(C)CC3)CC2)cc1C(F)(F)F. The van der Waals surface area contributed by atoms with Gasteiger partial charge in [-0.15, -0.1) is 0 Å². The highest BCUT2D eigenvalue weighted by Gasteiger charge is 2.38. The summed E-state index contributed by atoms with van der Waals surface area (Å²) in [5.41, 5.74) is 1.04. The Morgan fingerprint density at radius 2 is 1.59 bits per heavy atom. The van der Waals surface area contributed by atoms with Crippen molar-refractivity contribution in [2.45, 2.75) is 63.2 Å². The van der Waals surface area contributed by atoms with Gasteiger partial charge in [0.2, 0.25) is 11.8 Å². The highest BCUT2D eigenvalue weighted by atomic mass is 35.5. The molecule has 0 radical (unpaired) electrons. The Morgan fingerprint density at radius 3 is 2.25 bits per heavy atom. The number of halogens is 4. The molecule has 4 heterocycles. The Labute approximate surface area is 303 Å². The molecule has 4 aliphatic rings. The summed E-state index contributed by atoms with van der Waals surface area (Å²) in [5, 5.41) is 5.48. The number of carbonyl (C=O) groups is 3. The van der Waals surface area contributed by atoms with Gasteiger partial charge in [-0.05, 0) is 88.0 Å². The van der Waals surface area contributed by atoms with Crippen LogP contribution < -0.4 is 10.6 Å². The summed E-state index contributed by atoms with van der Waals surface area (Å²) in [6.45, 7) is 5.99. The van der Waals surface area contributed by atoms with Crippen molar-refractivity contribution in [2.24, 2.45) is 5.92 Å². The second-order valence-corrected chi connectivity index (χ2v) is 14.8. The third-order valence-corrected chi connectivity index (χ3v) is 11.5. The Kier molecular flexibility index (Phi) is 11.7. The summed E-state index contributed by atoms with van der Waals surface area (Å²) in [4.78, 5) is 51.3. The van der Waals surface area contributed by atoms with Gasteiger partial charge >= 0.3 is 12.2 Å². The fourth-order valence-corrected chi connectivity index (χ4v) is 8.56. The van der Waals surface area contributed by atoms with E-state index in [0.717, 1.165) is 62.8 Å². The molecule has 0 saturated carbocycles. The van der Waals surface area contributed by atoms with E-state index in [1.165, 1.54) is 13.1 Å². The fraction of sp³-hybridized carbons (Fsp3) is 0.595. The molecule has 0 aliphatic carbocycles. The number of benzene rings is 2. The Hall–Kier alpha value is -3.55. The number of fused-ring (bicyclic) bond motifs is 1. The van der Waals surface area contributed by atoms with Gasteiger partial charge in [0, 0.05) is 77.1 Å². The van der Waals surface area contributed by atoms with E-state index in [2.05, 4.69) is 27.5 Å². The van der Waals surface area contributed by atoms with Gasteiger partial charge in [0.1, 0.15) is 0 Å². The molecule has 2 aromatic carbocycles. The molecule has 278 valence electrons. The minimum absolute atomic E-state index is 0.0322. The highest BCUT2D eigenvalue weighted by Crippen LogP contribution is 2.40. The molecule has 0 spiro atoms. The van der Waals surface area contributed by atoms with Crippen LogP contribution in [0, 0.1) is 5.92 Å². The van der Waals surface area contributed by atoms with Crippen LogP contribution in [0.1, 0.15) is 48.8 Å². The van der Waals surface area contributed by atoms with Gasteiger partial charge in [-0.3, -0.25) is 14.5 Å². The van der Waals surface area contributed by atoms with Crippen LogP contribution >= 0.6 is 11.6 Å². The average Bonchev–Trinajstić information content (AvgIpc) is 3.29. The van der Waals surface area contributed by atoms with Crippen LogP contribution in [0.3, 0.4) is 0 Å². The zero-order chi connectivity index (χ0) is 36.3. The lowest BCUT2D eigenvalue weighted by Crippen LogP contribution is -2.55. The topological polar surface area (TPSA) is 91.5 Å². The third kappa shape index (κ3) is 8.74. The number of hydrogen-bond donors (Lipinski definition) is 2. The van der Waals surface area contributed by atoms with Crippen molar-refractivity contribution >= 4 is 40.8 Å². The van der Waals surface area contributed by atoms with Crippen molar-refractivity contribution in [1.29, 1.82) is 0 Å². The van der Waals surface area contributed by atoms with Crippen molar-refractivity contribution in [3.05, 3.63) is 58.1 Å². The summed E-state index contributed by atoms with van der Waals surface area (Å²) in [7, 11) is 3.51. The number of likely N-dealkylation sites (tertiary alicyclic amines) is 2. The molecule has 10 nitrogen and oxygen atoms in total. The van der Waals surface area contributed by atoms with E-state index in [9.17, 15) is 27.6 Å². The van der Waals surface area contributed by atoms with Crippen molar-refractivity contribution in [1.82, 2.24) is 24.5 Å². The maximum absolute atomic E-state index is 14.2. The number of carbonyl (C=O) groups excluding carboxylic acids is 3. The van der Waals surface area contributed by atoms with Gasteiger partial charge in [0.05, 0.1) is 22.2 Å². The number of amides is 4. The number of alkyl halides is 3. The van der Waals surface area contributed by atoms with Crippen LogP contribution in [0.5, 0.6) is 0 Å². The van der Waals surface area contributed by atoms with E-state index < -0.39 is 17.7 Å². The predicted molar refractivity (Wildman–Crippen MR) is 192 cm³/mol. The first-order chi connectivity index (χ1) is 24.4. The molecular weight excluding hydrogens is 683 g/mol. The maximum atomic E-state index is 14.2. The van der Waals surface area contributed by atoms with Crippen LogP contribution in [0.25, 0.3) is 0 Å². The number of anilines is 2. The minimum Gasteiger partial charge on any atom is -0.386 e. The lowest BCUT2D eigenvalue weighted by Gasteiger charge is -2.43. The number of piperidine rings is 2. The van der Waals surface area contributed by atoms with Crippen LogP contribution in [0.15, 0.2) is 36.4 Å². The number of piperazine rings is 1. The molecule has 1 unspecified atom stereocenters. The van der Waals surface area contributed by atoms with Crippen LogP contribution in [0.2, 0.25) is 5.02 Å². The first kappa shape index (κ1) is 37.2. The van der Waals surface area contributed by atoms with Gasteiger partial charge in [-0.1, -0.05) is 29.8 Å². The molecule has 2 N–H and O–H groups in total. The number of urea groups is 1. The zero-order valence-corrected chi connectivity index (χ0v) is 30.2. The lowest BCUT2D eigenvalue weighted by atomic mass is 9.91. The molecule has 51 heavy (non-hydrogen) atoms. The first-order valence-electron chi connectivity index (χ1n) is 18.1. The van der Waals surface area contributed by atoms with Gasteiger partial charge in [-0.25, -0.2) is 4.79 Å². The van der Waals surface area contributed by atoms with E-state index in [0.29, 0.717) is 51.6 Å². The summed E-state index contributed by atoms with van der Waals surface area (Å²) in [5.74, 6) is -1.28. The number of nitrogens with zero attached hydrogens (tertiary/aromatic N) is 5. The standard InChI is InChI=1S/C37H49ClF3N7O3/c1-42-34-30(37(39,40)41)22-25(23-31(34)38)21-27(35(50)47-19-17-45(18-20-47)28-8-12-44(2)13-9-28)24-33(49)46-14-10-29(11-15-46)48-16-7-26-5-3-4-6-32(26)43-36(48)51/h3-6,22-23,27-29,42H,7-21,24H2,1-2H3,(H,43,51). The minimum atomic E-state index is -4.66. The molecule has 14 heteroatoms. The van der Waals surface area contributed by atoms with E-state index >= 15 is 0 Å². The van der Waals surface area contributed by atoms with E-state index in [1.807, 2.05) is 29.2 Å². The third-order valence-electron chi connectivity index (χ3n) is 11.2. The summed E-state index contributed by atoms with van der Waals surface area (Å²) in [6.07, 6.45) is -0.721. The lowest BCUT2D eigenvalue weighted by molar-refractivity contribution is -0.143. The predicted octanol–water partition coefficient (Wildman–Crippen LogP) is 5.27. The fourth-order valence-electron chi connectivity index (χ4n) is 8.22. The average molecular weight is 732 g/mol. The largest absolute Gasteiger partial charge is 0.418 e. The quantitative estimate of drug-likeness (QED) is 0.385. The van der Waals surface area contributed by atoms with Gasteiger partial charge in [-0.2, -0.15) is 13.2 Å². The summed E-state index contributed by atoms with van der Waals surface area (Å²) < 4.78 is 42.2.